The summed E-state index contributed by atoms with van der Waals surface area (Å²) in [6.07, 6.45) is 0. The summed E-state index contributed by atoms with van der Waals surface area (Å²) < 4.78 is 3.45. The van der Waals surface area contributed by atoms with Crippen molar-refractivity contribution in [3.63, 3.8) is 0 Å². The van der Waals surface area contributed by atoms with Gasteiger partial charge in [-0.1, -0.05) is 0 Å². The number of fused-ring (bicyclic) bond motifs is 1. The fourth-order valence-electron chi connectivity index (χ4n) is 6.26. The van der Waals surface area contributed by atoms with Gasteiger partial charge in [-0.05, 0) is 0 Å². The number of hydrogen-bond donors (Lipinski definition) is 0. The van der Waals surface area contributed by atoms with Gasteiger partial charge in [0.25, 0.3) is 0 Å². The van der Waals surface area contributed by atoms with Crippen LogP contribution in [-0.2, 0) is 6.54 Å². The Morgan fingerprint density at radius 3 is 1.63 bits per heavy atom. The van der Waals surface area contributed by atoms with E-state index in [0.29, 0.717) is 6.54 Å². The molecular weight excluding hydrogens is 675 g/mol. The number of para-hydroxylation sites is 2. The standard InChI is InChI=1S/C38H29Br2N2P/c39-34-24-12-10-16-29(34)28-42-36-26-14-13-25-35(36)41-38(42)33-23-11-15-27-37(33)43(40,30-17-4-1-5-18-30,31-19-6-2-7-20-31)32-21-8-3-9-22-32/h1-27H,28H2. The van der Waals surface area contributed by atoms with Crippen molar-refractivity contribution in [3.8, 4) is 11.4 Å². The normalized spacial score (nSPS) is 12.6. The summed E-state index contributed by atoms with van der Waals surface area (Å²) in [6.45, 7) is 0.686. The SMILES string of the molecule is Brc1ccccc1Cn1c(-c2ccccc2P(Br)(c2ccccc2)(c2ccccc2)c2ccccc2)nc2ccccc21. The molecule has 0 aliphatic carbocycles. The van der Waals surface area contributed by atoms with Crippen LogP contribution in [0.2, 0.25) is 0 Å². The molecule has 7 rings (SSSR count). The number of aromatic nitrogens is 2. The molecule has 0 aliphatic rings. The van der Waals surface area contributed by atoms with Gasteiger partial charge >= 0.3 is 270 Å². The van der Waals surface area contributed by atoms with E-state index in [0.717, 1.165) is 26.9 Å². The number of halogens is 2. The number of hydrogen-bond acceptors (Lipinski definition) is 1. The van der Waals surface area contributed by atoms with E-state index in [-0.39, 0.29) is 0 Å². The third-order valence-electron chi connectivity index (χ3n) is 8.26. The molecule has 0 unspecified atom stereocenters. The van der Waals surface area contributed by atoms with Crippen LogP contribution in [0.25, 0.3) is 22.4 Å². The summed E-state index contributed by atoms with van der Waals surface area (Å²) >= 11 is 8.51. The van der Waals surface area contributed by atoms with Gasteiger partial charge in [-0.15, -0.1) is 0 Å². The van der Waals surface area contributed by atoms with Gasteiger partial charge in [0.05, 0.1) is 0 Å². The molecule has 0 aliphatic heterocycles. The summed E-state index contributed by atoms with van der Waals surface area (Å²) in [7, 11) is 0. The molecule has 7 aromatic rings. The average Bonchev–Trinajstić information content (AvgIpc) is 3.45. The molecule has 0 fully saturated rings. The monoisotopic (exact) mass is 702 g/mol. The predicted octanol–water partition coefficient (Wildman–Crippen LogP) is 8.98. The third kappa shape index (κ3) is 4.52. The van der Waals surface area contributed by atoms with Gasteiger partial charge in [0, 0.05) is 0 Å². The summed E-state index contributed by atoms with van der Waals surface area (Å²) in [4.78, 5) is 5.34. The molecule has 5 heteroatoms. The predicted molar refractivity (Wildman–Crippen MR) is 192 cm³/mol. The second kappa shape index (κ2) is 11.4. The van der Waals surface area contributed by atoms with Gasteiger partial charge in [-0.3, -0.25) is 0 Å². The maximum atomic E-state index is 5.34. The minimum atomic E-state index is -3.49. The van der Waals surface area contributed by atoms with E-state index in [1.54, 1.807) is 0 Å². The number of benzene rings is 6. The van der Waals surface area contributed by atoms with Crippen LogP contribution in [0.5, 0.6) is 0 Å². The van der Waals surface area contributed by atoms with Crippen LogP contribution in [0, 0.1) is 0 Å². The van der Waals surface area contributed by atoms with Gasteiger partial charge in [0.2, 0.25) is 0 Å². The van der Waals surface area contributed by atoms with E-state index in [1.807, 2.05) is 0 Å². The van der Waals surface area contributed by atoms with Gasteiger partial charge in [0.1, 0.15) is 0 Å². The second-order valence-corrected chi connectivity index (χ2v) is 19.8. The van der Waals surface area contributed by atoms with E-state index in [9.17, 15) is 0 Å². The van der Waals surface area contributed by atoms with Crippen molar-refractivity contribution in [1.82, 2.24) is 9.55 Å². The minimum absolute atomic E-state index is 0.686. The molecule has 0 radical (unpaired) electrons. The van der Waals surface area contributed by atoms with Crippen LogP contribution in [0.3, 0.4) is 0 Å². The van der Waals surface area contributed by atoms with Crippen LogP contribution in [0.4, 0.5) is 0 Å². The van der Waals surface area contributed by atoms with Gasteiger partial charge < -0.3 is 0 Å². The van der Waals surface area contributed by atoms with E-state index < -0.39 is 5.31 Å². The Hall–Kier alpha value is -3.82. The molecule has 43 heavy (non-hydrogen) atoms. The quantitative estimate of drug-likeness (QED) is 0.152. The van der Waals surface area contributed by atoms with Crippen LogP contribution in [0.1, 0.15) is 5.56 Å². The van der Waals surface area contributed by atoms with Crippen molar-refractivity contribution in [2.24, 2.45) is 0 Å². The molecule has 0 N–H and O–H groups in total. The zero-order valence-corrected chi connectivity index (χ0v) is 27.5. The van der Waals surface area contributed by atoms with Crippen molar-refractivity contribution in [1.29, 1.82) is 0 Å². The first-order chi connectivity index (χ1) is 21.1. The van der Waals surface area contributed by atoms with Crippen molar-refractivity contribution in [2.45, 2.75) is 6.54 Å². The van der Waals surface area contributed by atoms with Crippen molar-refractivity contribution in [2.75, 3.05) is 0 Å². The van der Waals surface area contributed by atoms with Crippen LogP contribution >= 0.6 is 36.7 Å². The van der Waals surface area contributed by atoms with Crippen molar-refractivity contribution >= 4 is 69.0 Å². The number of nitrogens with zero attached hydrogens (tertiary/aromatic N) is 2. The summed E-state index contributed by atoms with van der Waals surface area (Å²) in [5, 5.41) is 1.46. The average molecular weight is 704 g/mol. The Balaban J connectivity index is 1.61. The first-order valence-corrected chi connectivity index (χ1v) is 19.3. The maximum absolute atomic E-state index is 5.34. The molecule has 1 heterocycles. The summed E-state index contributed by atoms with van der Waals surface area (Å²) in [5.74, 6) is 0.948. The van der Waals surface area contributed by atoms with E-state index >= 15 is 0 Å². The molecule has 0 saturated carbocycles. The molecule has 2 nitrogen and oxygen atoms in total. The number of imidazole rings is 1. The first-order valence-electron chi connectivity index (χ1n) is 14.3. The molecule has 6 aromatic carbocycles. The van der Waals surface area contributed by atoms with Crippen molar-refractivity contribution < 1.29 is 0 Å². The Morgan fingerprint density at radius 1 is 0.535 bits per heavy atom. The Labute approximate surface area is 268 Å². The summed E-state index contributed by atoms with van der Waals surface area (Å²) in [6, 6.07) is 58.5. The fourth-order valence-corrected chi connectivity index (χ4v) is 14.6. The zero-order valence-electron chi connectivity index (χ0n) is 23.4. The van der Waals surface area contributed by atoms with Gasteiger partial charge in [-0.2, -0.15) is 0 Å². The van der Waals surface area contributed by atoms with Crippen LogP contribution in [-0.4, -0.2) is 9.55 Å². The Morgan fingerprint density at radius 2 is 1.02 bits per heavy atom. The molecular formula is C38H29Br2N2P. The molecule has 0 atom stereocenters. The third-order valence-corrected chi connectivity index (χ3v) is 19.0. The first kappa shape index (κ1) is 28.0. The van der Waals surface area contributed by atoms with E-state index in [1.165, 1.54) is 26.8 Å². The molecule has 0 amide bonds. The van der Waals surface area contributed by atoms with Gasteiger partial charge in [-0.25, -0.2) is 0 Å². The van der Waals surface area contributed by atoms with Crippen LogP contribution < -0.4 is 21.2 Å². The molecule has 1 aromatic heterocycles. The van der Waals surface area contributed by atoms with Crippen LogP contribution in [0.15, 0.2) is 168 Å². The Kier molecular flexibility index (Phi) is 7.39. The number of rotatable bonds is 7. The molecule has 210 valence electrons. The molecule has 0 saturated heterocycles. The Bertz CT molecular complexity index is 1940. The van der Waals surface area contributed by atoms with E-state index in [4.69, 9.17) is 20.5 Å². The zero-order chi connectivity index (χ0) is 29.3. The second-order valence-electron chi connectivity index (χ2n) is 10.6. The fraction of sp³-hybridized carbons (Fsp3) is 0.0263. The van der Waals surface area contributed by atoms with Crippen molar-refractivity contribution in [3.05, 3.63) is 174 Å². The topological polar surface area (TPSA) is 17.8 Å². The molecule has 0 bridgehead atoms. The molecule has 0 spiro atoms. The van der Waals surface area contributed by atoms with Gasteiger partial charge in [0.15, 0.2) is 0 Å². The van der Waals surface area contributed by atoms with E-state index in [2.05, 4.69) is 184 Å². The summed E-state index contributed by atoms with van der Waals surface area (Å²) in [5.41, 5.74) is 4.40.